The van der Waals surface area contributed by atoms with Crippen LogP contribution in [0.5, 0.6) is 0 Å². The molecule has 2 atom stereocenters. The van der Waals surface area contributed by atoms with E-state index in [2.05, 4.69) is 11.4 Å². The summed E-state index contributed by atoms with van der Waals surface area (Å²) < 4.78 is 5.69. The van der Waals surface area contributed by atoms with Gasteiger partial charge >= 0.3 is 6.03 Å². The van der Waals surface area contributed by atoms with E-state index in [9.17, 15) is 9.90 Å². The second kappa shape index (κ2) is 7.79. The van der Waals surface area contributed by atoms with Crippen LogP contribution in [0.15, 0.2) is 24.3 Å². The molecular formula is C18H26N2O3. The van der Waals surface area contributed by atoms with Crippen LogP contribution in [-0.4, -0.2) is 48.4 Å². The number of benzene rings is 1. The van der Waals surface area contributed by atoms with Gasteiger partial charge in [0.15, 0.2) is 0 Å². The molecular weight excluding hydrogens is 292 g/mol. The second-order valence-corrected chi connectivity index (χ2v) is 6.35. The van der Waals surface area contributed by atoms with Crippen LogP contribution in [0.3, 0.4) is 0 Å². The molecule has 2 amide bonds. The molecule has 0 aliphatic carbocycles. The predicted octanol–water partition coefficient (Wildman–Crippen LogP) is 2.25. The van der Waals surface area contributed by atoms with Crippen molar-refractivity contribution in [2.75, 3.05) is 26.3 Å². The molecule has 5 heteroatoms. The van der Waals surface area contributed by atoms with Gasteiger partial charge in [-0.15, -0.1) is 0 Å². The van der Waals surface area contributed by atoms with Crippen LogP contribution < -0.4 is 5.32 Å². The van der Waals surface area contributed by atoms with E-state index in [1.165, 1.54) is 12.0 Å². The van der Waals surface area contributed by atoms with Crippen LogP contribution in [0, 0.1) is 0 Å². The van der Waals surface area contributed by atoms with E-state index in [0.29, 0.717) is 13.1 Å². The van der Waals surface area contributed by atoms with Gasteiger partial charge in [-0.1, -0.05) is 24.3 Å². The number of ether oxygens (including phenoxy) is 1. The highest BCUT2D eigenvalue weighted by molar-refractivity contribution is 5.75. The first kappa shape index (κ1) is 16.3. The third-order valence-corrected chi connectivity index (χ3v) is 4.86. The molecule has 0 saturated carbocycles. The van der Waals surface area contributed by atoms with Gasteiger partial charge < -0.3 is 20.1 Å². The molecule has 0 spiro atoms. The number of aliphatic hydroxyl groups is 1. The highest BCUT2D eigenvalue weighted by Crippen LogP contribution is 2.29. The van der Waals surface area contributed by atoms with E-state index >= 15 is 0 Å². The maximum absolute atomic E-state index is 12.5. The summed E-state index contributed by atoms with van der Waals surface area (Å²) in [5.74, 6) is 0. The summed E-state index contributed by atoms with van der Waals surface area (Å²) in [4.78, 5) is 14.2. The quantitative estimate of drug-likeness (QED) is 0.895. The summed E-state index contributed by atoms with van der Waals surface area (Å²) in [7, 11) is 0. The molecule has 1 aromatic carbocycles. The number of aliphatic hydroxyl groups excluding tert-OH is 1. The Morgan fingerprint density at radius 1 is 1.35 bits per heavy atom. The molecule has 0 aromatic heterocycles. The van der Waals surface area contributed by atoms with Crippen LogP contribution in [0.25, 0.3) is 0 Å². The number of hydrogen-bond donors (Lipinski definition) is 2. The lowest BCUT2D eigenvalue weighted by atomic mass is 9.93. The van der Waals surface area contributed by atoms with E-state index < -0.39 is 0 Å². The Balaban J connectivity index is 1.54. The molecule has 2 aliphatic heterocycles. The van der Waals surface area contributed by atoms with Gasteiger partial charge in [-0.2, -0.15) is 0 Å². The van der Waals surface area contributed by atoms with Gasteiger partial charge in [0.25, 0.3) is 0 Å². The van der Waals surface area contributed by atoms with Crippen LogP contribution in [0.2, 0.25) is 0 Å². The van der Waals surface area contributed by atoms with Crippen molar-refractivity contribution in [3.63, 3.8) is 0 Å². The Bertz CT molecular complexity index is 529. The van der Waals surface area contributed by atoms with Crippen molar-refractivity contribution in [1.29, 1.82) is 0 Å². The second-order valence-electron chi connectivity index (χ2n) is 6.35. The maximum Gasteiger partial charge on any atom is 0.318 e. The van der Waals surface area contributed by atoms with Gasteiger partial charge in [-0.05, 0) is 43.2 Å². The lowest BCUT2D eigenvalue weighted by molar-refractivity contribution is 0.0117. The molecule has 1 aromatic rings. The molecule has 3 rings (SSSR count). The normalized spacial score (nSPS) is 24.1. The Morgan fingerprint density at radius 3 is 3.00 bits per heavy atom. The molecule has 5 nitrogen and oxygen atoms in total. The molecule has 1 saturated heterocycles. The molecule has 0 radical (unpaired) electrons. The summed E-state index contributed by atoms with van der Waals surface area (Å²) in [6, 6.07) is 7.72. The molecule has 126 valence electrons. The number of urea groups is 1. The number of nitrogens with one attached hydrogen (secondary N) is 1. The minimum absolute atomic E-state index is 0.0455. The summed E-state index contributed by atoms with van der Waals surface area (Å²) in [6.07, 6.45) is 5.43. The standard InChI is InChI=1S/C18H26N2O3/c21-13-17-16-7-2-1-5-14(16)9-11-20(17)18(22)19-10-8-15-6-3-4-12-23-15/h1-2,5,7,15,17,21H,3-4,6,8-13H2,(H,19,22). The fourth-order valence-electron chi connectivity index (χ4n) is 3.57. The summed E-state index contributed by atoms with van der Waals surface area (Å²) >= 11 is 0. The molecule has 2 unspecified atom stereocenters. The fourth-order valence-corrected chi connectivity index (χ4v) is 3.57. The number of carbonyl (C=O) groups is 1. The Hall–Kier alpha value is -1.59. The third-order valence-electron chi connectivity index (χ3n) is 4.86. The minimum Gasteiger partial charge on any atom is -0.394 e. The highest BCUT2D eigenvalue weighted by atomic mass is 16.5. The number of amides is 2. The third kappa shape index (κ3) is 3.85. The highest BCUT2D eigenvalue weighted by Gasteiger charge is 2.30. The van der Waals surface area contributed by atoms with Crippen LogP contribution in [0.4, 0.5) is 4.79 Å². The van der Waals surface area contributed by atoms with E-state index in [1.807, 2.05) is 18.2 Å². The van der Waals surface area contributed by atoms with Crippen LogP contribution >= 0.6 is 0 Å². The Morgan fingerprint density at radius 2 is 2.22 bits per heavy atom. The average Bonchev–Trinajstić information content (AvgIpc) is 2.61. The Labute approximate surface area is 137 Å². The zero-order valence-electron chi connectivity index (χ0n) is 13.5. The first-order valence-corrected chi connectivity index (χ1v) is 8.64. The molecule has 2 aliphatic rings. The van der Waals surface area contributed by atoms with Crippen molar-refractivity contribution in [1.82, 2.24) is 10.2 Å². The number of rotatable bonds is 4. The zero-order valence-corrected chi connectivity index (χ0v) is 13.5. The lowest BCUT2D eigenvalue weighted by Gasteiger charge is -2.36. The van der Waals surface area contributed by atoms with Gasteiger partial charge in [0.2, 0.25) is 0 Å². The van der Waals surface area contributed by atoms with Gasteiger partial charge in [0, 0.05) is 19.7 Å². The van der Waals surface area contributed by atoms with Crippen molar-refractivity contribution in [2.45, 2.75) is 44.2 Å². The van der Waals surface area contributed by atoms with Gasteiger partial charge in [0.1, 0.15) is 0 Å². The fraction of sp³-hybridized carbons (Fsp3) is 0.611. The molecule has 0 bridgehead atoms. The van der Waals surface area contributed by atoms with Crippen molar-refractivity contribution in [3.05, 3.63) is 35.4 Å². The van der Waals surface area contributed by atoms with Crippen molar-refractivity contribution < 1.29 is 14.6 Å². The zero-order chi connectivity index (χ0) is 16.1. The molecule has 2 N–H and O–H groups in total. The predicted molar refractivity (Wildman–Crippen MR) is 88.3 cm³/mol. The molecule has 23 heavy (non-hydrogen) atoms. The van der Waals surface area contributed by atoms with Gasteiger partial charge in [0.05, 0.1) is 18.8 Å². The maximum atomic E-state index is 12.5. The number of nitrogens with zero attached hydrogens (tertiary/aromatic N) is 1. The van der Waals surface area contributed by atoms with Gasteiger partial charge in [-0.3, -0.25) is 0 Å². The summed E-state index contributed by atoms with van der Waals surface area (Å²) in [5, 5.41) is 12.7. The summed E-state index contributed by atoms with van der Waals surface area (Å²) in [5.41, 5.74) is 2.29. The van der Waals surface area contributed by atoms with Crippen molar-refractivity contribution >= 4 is 6.03 Å². The van der Waals surface area contributed by atoms with E-state index in [0.717, 1.165) is 37.9 Å². The van der Waals surface area contributed by atoms with Crippen LogP contribution in [-0.2, 0) is 11.2 Å². The first-order chi connectivity index (χ1) is 11.3. The molecule has 2 heterocycles. The van der Waals surface area contributed by atoms with Crippen molar-refractivity contribution in [2.24, 2.45) is 0 Å². The van der Waals surface area contributed by atoms with E-state index in [4.69, 9.17) is 4.74 Å². The minimum atomic E-state index is -0.245. The largest absolute Gasteiger partial charge is 0.394 e. The Kier molecular flexibility index (Phi) is 5.51. The number of carbonyl (C=O) groups excluding carboxylic acids is 1. The summed E-state index contributed by atoms with van der Waals surface area (Å²) in [6.45, 7) is 2.07. The topological polar surface area (TPSA) is 61.8 Å². The first-order valence-electron chi connectivity index (χ1n) is 8.64. The van der Waals surface area contributed by atoms with E-state index in [1.54, 1.807) is 4.90 Å². The molecule has 1 fully saturated rings. The van der Waals surface area contributed by atoms with Crippen LogP contribution in [0.1, 0.15) is 42.9 Å². The lowest BCUT2D eigenvalue weighted by Crippen LogP contribution is -2.47. The number of fused-ring (bicyclic) bond motifs is 1. The SMILES string of the molecule is O=C(NCCC1CCCCO1)N1CCc2ccccc2C1CO. The monoisotopic (exact) mass is 318 g/mol. The number of hydrogen-bond acceptors (Lipinski definition) is 3. The smallest absolute Gasteiger partial charge is 0.318 e. The average molecular weight is 318 g/mol. The van der Waals surface area contributed by atoms with Crippen molar-refractivity contribution in [3.8, 4) is 0 Å². The van der Waals surface area contributed by atoms with Gasteiger partial charge in [-0.25, -0.2) is 4.79 Å². The van der Waals surface area contributed by atoms with E-state index in [-0.39, 0.29) is 24.8 Å².